The van der Waals surface area contributed by atoms with Gasteiger partial charge < -0.3 is 18.9 Å². The van der Waals surface area contributed by atoms with Gasteiger partial charge in [0.15, 0.2) is 23.0 Å². The van der Waals surface area contributed by atoms with Crippen LogP contribution in [0.3, 0.4) is 0 Å². The van der Waals surface area contributed by atoms with Gasteiger partial charge in [-0.05, 0) is 60.2 Å². The Morgan fingerprint density at radius 3 is 2.54 bits per heavy atom. The van der Waals surface area contributed by atoms with E-state index in [2.05, 4.69) is 17.1 Å². The highest BCUT2D eigenvalue weighted by atomic mass is 32.2. The molecule has 0 fully saturated rings. The smallest absolute Gasteiger partial charge is 0.264 e. The zero-order valence-corrected chi connectivity index (χ0v) is 21.8. The van der Waals surface area contributed by atoms with E-state index in [1.807, 2.05) is 0 Å². The first-order valence-corrected chi connectivity index (χ1v) is 13.2. The largest absolute Gasteiger partial charge is 0.493 e. The number of hydrazone groups is 1. The fourth-order valence-corrected chi connectivity index (χ4v) is 5.05. The van der Waals surface area contributed by atoms with Crippen molar-refractivity contribution in [2.24, 2.45) is 5.10 Å². The van der Waals surface area contributed by atoms with Gasteiger partial charge >= 0.3 is 0 Å². The highest BCUT2D eigenvalue weighted by Gasteiger charge is 2.29. The highest BCUT2D eigenvalue weighted by Crippen LogP contribution is 2.34. The Bertz CT molecular complexity index is 1480. The van der Waals surface area contributed by atoms with Gasteiger partial charge in [0, 0.05) is 6.07 Å². The Morgan fingerprint density at radius 2 is 1.82 bits per heavy atom. The standard InChI is InChI=1S/C27H26FN3O7S/c1-3-12-36-23-10-4-19(15-25(23)35-2)17-29-30-27(32)18-31(21-7-5-20(28)6-8-21)39(33,34)22-9-11-24-26(16-22)38-14-13-37-24/h3-11,15-17H,1,12-14,18H2,2H3,(H,30,32)/b29-17-. The number of amides is 1. The van der Waals surface area contributed by atoms with Crippen LogP contribution >= 0.6 is 0 Å². The molecular weight excluding hydrogens is 529 g/mol. The van der Waals surface area contributed by atoms with Crippen LogP contribution in [0.2, 0.25) is 0 Å². The molecule has 0 aromatic heterocycles. The molecule has 10 nitrogen and oxygen atoms in total. The van der Waals surface area contributed by atoms with Gasteiger partial charge in [-0.25, -0.2) is 18.2 Å². The molecule has 0 unspecified atom stereocenters. The van der Waals surface area contributed by atoms with Crippen LogP contribution in [0.25, 0.3) is 0 Å². The lowest BCUT2D eigenvalue weighted by atomic mass is 10.2. The molecule has 1 aliphatic rings. The number of halogens is 1. The summed E-state index contributed by atoms with van der Waals surface area (Å²) >= 11 is 0. The van der Waals surface area contributed by atoms with E-state index in [0.29, 0.717) is 36.0 Å². The Balaban J connectivity index is 1.53. The topological polar surface area (TPSA) is 116 Å². The number of benzene rings is 3. The minimum atomic E-state index is -4.27. The van der Waals surface area contributed by atoms with Gasteiger partial charge in [0.2, 0.25) is 0 Å². The van der Waals surface area contributed by atoms with Gasteiger partial charge in [-0.3, -0.25) is 9.10 Å². The summed E-state index contributed by atoms with van der Waals surface area (Å²) in [7, 11) is -2.78. The molecule has 3 aromatic rings. The normalized spacial score (nSPS) is 12.6. The number of carbonyl (C=O) groups excluding carboxylic acids is 1. The number of nitrogens with one attached hydrogen (secondary N) is 1. The first kappa shape index (κ1) is 27.5. The Labute approximate surface area is 225 Å². The van der Waals surface area contributed by atoms with Gasteiger partial charge in [-0.2, -0.15) is 5.10 Å². The summed E-state index contributed by atoms with van der Waals surface area (Å²) in [5.74, 6) is 0.373. The van der Waals surface area contributed by atoms with Gasteiger partial charge in [0.05, 0.1) is 23.9 Å². The zero-order valence-electron chi connectivity index (χ0n) is 21.0. The van der Waals surface area contributed by atoms with Gasteiger partial charge in [-0.1, -0.05) is 12.7 Å². The third-order valence-electron chi connectivity index (χ3n) is 5.45. The molecule has 1 heterocycles. The number of carbonyl (C=O) groups is 1. The van der Waals surface area contributed by atoms with Crippen molar-refractivity contribution in [1.82, 2.24) is 5.43 Å². The maximum Gasteiger partial charge on any atom is 0.264 e. The second-order valence-electron chi connectivity index (χ2n) is 8.10. The fourth-order valence-electron chi connectivity index (χ4n) is 3.61. The number of rotatable bonds is 11. The van der Waals surface area contributed by atoms with E-state index in [1.54, 1.807) is 24.3 Å². The van der Waals surface area contributed by atoms with Crippen molar-refractivity contribution in [1.29, 1.82) is 0 Å². The Hall–Kier alpha value is -4.58. The molecule has 0 bridgehead atoms. The molecule has 0 saturated carbocycles. The second kappa shape index (κ2) is 12.3. The van der Waals surface area contributed by atoms with Crippen molar-refractivity contribution in [3.8, 4) is 23.0 Å². The van der Waals surface area contributed by atoms with Gasteiger partial charge in [0.1, 0.15) is 32.2 Å². The average Bonchev–Trinajstić information content (AvgIpc) is 2.95. The van der Waals surface area contributed by atoms with E-state index in [1.165, 1.54) is 43.7 Å². The quantitative estimate of drug-likeness (QED) is 0.219. The number of anilines is 1. The van der Waals surface area contributed by atoms with Crippen LogP contribution in [-0.4, -0.2) is 54.0 Å². The third-order valence-corrected chi connectivity index (χ3v) is 7.22. The Kier molecular flexibility index (Phi) is 8.67. The third kappa shape index (κ3) is 6.65. The lowest BCUT2D eigenvalue weighted by Crippen LogP contribution is -2.39. The molecule has 12 heteroatoms. The summed E-state index contributed by atoms with van der Waals surface area (Å²) in [5.41, 5.74) is 3.01. The number of ether oxygens (including phenoxy) is 4. The van der Waals surface area contributed by atoms with E-state index >= 15 is 0 Å². The van der Waals surface area contributed by atoms with Crippen LogP contribution in [0.15, 0.2) is 83.3 Å². The van der Waals surface area contributed by atoms with Crippen molar-refractivity contribution >= 4 is 27.8 Å². The van der Waals surface area contributed by atoms with Crippen molar-refractivity contribution in [3.63, 3.8) is 0 Å². The number of hydrogen-bond acceptors (Lipinski definition) is 8. The first-order valence-electron chi connectivity index (χ1n) is 11.7. The molecule has 0 aliphatic carbocycles. The van der Waals surface area contributed by atoms with E-state index in [4.69, 9.17) is 18.9 Å². The molecule has 1 N–H and O–H groups in total. The van der Waals surface area contributed by atoms with Crippen molar-refractivity contribution in [2.45, 2.75) is 4.90 Å². The van der Waals surface area contributed by atoms with Crippen molar-refractivity contribution in [3.05, 3.63) is 84.7 Å². The van der Waals surface area contributed by atoms with Gasteiger partial charge in [-0.15, -0.1) is 0 Å². The van der Waals surface area contributed by atoms with Crippen LogP contribution in [-0.2, 0) is 14.8 Å². The van der Waals surface area contributed by atoms with E-state index in [9.17, 15) is 17.6 Å². The minimum Gasteiger partial charge on any atom is -0.493 e. The summed E-state index contributed by atoms with van der Waals surface area (Å²) in [6.45, 7) is 3.90. The SMILES string of the molecule is C=CCOc1ccc(/C=N\NC(=O)CN(c2ccc(F)cc2)S(=O)(=O)c2ccc3c(c2)OCCO3)cc1OC. The van der Waals surface area contributed by atoms with E-state index in [-0.39, 0.29) is 22.9 Å². The molecule has 3 aromatic carbocycles. The first-order chi connectivity index (χ1) is 18.8. The van der Waals surface area contributed by atoms with E-state index in [0.717, 1.165) is 16.4 Å². The maximum absolute atomic E-state index is 13.6. The molecule has 204 valence electrons. The molecular formula is C27H26FN3O7S. The number of sulfonamides is 1. The van der Waals surface area contributed by atoms with Crippen LogP contribution in [0.4, 0.5) is 10.1 Å². The summed E-state index contributed by atoms with van der Waals surface area (Å²) in [4.78, 5) is 12.7. The lowest BCUT2D eigenvalue weighted by Gasteiger charge is -2.25. The molecule has 1 amide bonds. The highest BCUT2D eigenvalue weighted by molar-refractivity contribution is 7.92. The monoisotopic (exact) mass is 555 g/mol. The molecule has 0 spiro atoms. The van der Waals surface area contributed by atoms with Crippen LogP contribution in [0.5, 0.6) is 23.0 Å². The fraction of sp³-hybridized carbons (Fsp3) is 0.185. The predicted molar refractivity (Wildman–Crippen MR) is 143 cm³/mol. The van der Waals surface area contributed by atoms with Crippen LogP contribution < -0.4 is 28.7 Å². The summed E-state index contributed by atoms with van der Waals surface area (Å²) in [6.07, 6.45) is 2.98. The van der Waals surface area contributed by atoms with Crippen LogP contribution in [0, 0.1) is 5.82 Å². The van der Waals surface area contributed by atoms with Gasteiger partial charge in [0.25, 0.3) is 15.9 Å². The average molecular weight is 556 g/mol. The molecule has 4 rings (SSSR count). The summed E-state index contributed by atoms with van der Waals surface area (Å²) < 4.78 is 63.4. The number of nitrogens with zero attached hydrogens (tertiary/aromatic N) is 2. The molecule has 0 saturated heterocycles. The lowest BCUT2D eigenvalue weighted by molar-refractivity contribution is -0.119. The number of hydrogen-bond donors (Lipinski definition) is 1. The number of fused-ring (bicyclic) bond motifs is 1. The van der Waals surface area contributed by atoms with Crippen LogP contribution in [0.1, 0.15) is 5.56 Å². The zero-order chi connectivity index (χ0) is 27.8. The van der Waals surface area contributed by atoms with Crippen molar-refractivity contribution in [2.75, 3.05) is 37.8 Å². The second-order valence-corrected chi connectivity index (χ2v) is 9.96. The van der Waals surface area contributed by atoms with Crippen molar-refractivity contribution < 1.29 is 36.6 Å². The number of methoxy groups -OCH3 is 1. The predicted octanol–water partition coefficient (Wildman–Crippen LogP) is 3.52. The Morgan fingerprint density at radius 1 is 1.08 bits per heavy atom. The molecule has 39 heavy (non-hydrogen) atoms. The molecule has 1 aliphatic heterocycles. The summed E-state index contributed by atoms with van der Waals surface area (Å²) in [5, 5.41) is 3.93. The molecule has 0 radical (unpaired) electrons. The summed E-state index contributed by atoms with van der Waals surface area (Å²) in [6, 6.07) is 13.9. The maximum atomic E-state index is 13.6. The van der Waals surface area contributed by atoms with E-state index < -0.39 is 28.3 Å². The minimum absolute atomic E-state index is 0.0882. The molecule has 0 atom stereocenters.